The van der Waals surface area contributed by atoms with E-state index in [-0.39, 0.29) is 10.8 Å². The molecule has 0 bridgehead atoms. The van der Waals surface area contributed by atoms with Gasteiger partial charge >= 0.3 is 0 Å². The molecule has 20 heavy (non-hydrogen) atoms. The van der Waals surface area contributed by atoms with Gasteiger partial charge in [-0.25, -0.2) is 8.42 Å². The van der Waals surface area contributed by atoms with Crippen molar-refractivity contribution in [2.45, 2.75) is 24.2 Å². The quantitative estimate of drug-likeness (QED) is 0.716. The number of rotatable bonds is 5. The Balaban J connectivity index is 2.26. The molecule has 0 spiro atoms. The highest BCUT2D eigenvalue weighted by molar-refractivity contribution is 9.11. The molecule has 0 saturated heterocycles. The summed E-state index contributed by atoms with van der Waals surface area (Å²) >= 11 is 10.6. The molecular formula is C12H13BrClNO3S2. The summed E-state index contributed by atoms with van der Waals surface area (Å²) in [6, 6.07) is 3.39. The van der Waals surface area contributed by atoms with Gasteiger partial charge in [-0.15, -0.1) is 22.9 Å². The number of alkyl halides is 1. The minimum Gasteiger partial charge on any atom is -0.464 e. The molecule has 0 aliphatic rings. The lowest BCUT2D eigenvalue weighted by Gasteiger charge is -2.15. The highest BCUT2D eigenvalue weighted by Crippen LogP contribution is 2.26. The number of hydrogen-bond acceptors (Lipinski definition) is 4. The van der Waals surface area contributed by atoms with Crippen LogP contribution in [-0.4, -0.2) is 19.8 Å². The summed E-state index contributed by atoms with van der Waals surface area (Å²) in [4.78, 5) is 0.171. The third kappa shape index (κ3) is 3.28. The lowest BCUT2D eigenvalue weighted by atomic mass is 10.3. The van der Waals surface area contributed by atoms with Crippen LogP contribution in [0.2, 0.25) is 0 Å². The normalized spacial score (nSPS) is 12.2. The van der Waals surface area contributed by atoms with Crippen molar-refractivity contribution in [1.82, 2.24) is 4.31 Å². The zero-order chi connectivity index (χ0) is 14.9. The molecule has 0 fully saturated rings. The van der Waals surface area contributed by atoms with Gasteiger partial charge in [0, 0.05) is 19.7 Å². The molecule has 0 N–H and O–H groups in total. The summed E-state index contributed by atoms with van der Waals surface area (Å²) < 4.78 is 32.6. The number of furan rings is 1. The van der Waals surface area contributed by atoms with Gasteiger partial charge in [0.15, 0.2) is 0 Å². The topological polar surface area (TPSA) is 50.5 Å². The molecule has 110 valence electrons. The van der Waals surface area contributed by atoms with Crippen LogP contribution in [-0.2, 0) is 22.4 Å². The maximum absolute atomic E-state index is 12.5. The molecule has 0 aliphatic carbocycles. The molecule has 0 saturated carbocycles. The largest absolute Gasteiger partial charge is 0.464 e. The van der Waals surface area contributed by atoms with Gasteiger partial charge in [0.1, 0.15) is 16.4 Å². The lowest BCUT2D eigenvalue weighted by molar-refractivity contribution is 0.459. The van der Waals surface area contributed by atoms with Gasteiger partial charge in [-0.2, -0.15) is 4.31 Å². The molecule has 4 nitrogen and oxygen atoms in total. The molecule has 0 aromatic carbocycles. The number of thiophene rings is 1. The Hall–Kier alpha value is -0.340. The van der Waals surface area contributed by atoms with E-state index in [4.69, 9.17) is 16.0 Å². The van der Waals surface area contributed by atoms with Crippen LogP contribution in [0.1, 0.15) is 17.1 Å². The van der Waals surface area contributed by atoms with E-state index in [1.54, 1.807) is 14.0 Å². The van der Waals surface area contributed by atoms with Crippen molar-refractivity contribution in [2.75, 3.05) is 7.05 Å². The Kier molecular flexibility index (Phi) is 4.96. The first-order chi connectivity index (χ1) is 9.34. The van der Waals surface area contributed by atoms with E-state index >= 15 is 0 Å². The highest BCUT2D eigenvalue weighted by Gasteiger charge is 2.26. The van der Waals surface area contributed by atoms with Crippen molar-refractivity contribution in [3.05, 3.63) is 38.4 Å². The van der Waals surface area contributed by atoms with E-state index in [1.807, 2.05) is 11.4 Å². The minimum atomic E-state index is -3.58. The van der Waals surface area contributed by atoms with Crippen LogP contribution in [0.25, 0.3) is 0 Å². The van der Waals surface area contributed by atoms with E-state index < -0.39 is 10.0 Å². The van der Waals surface area contributed by atoms with Gasteiger partial charge < -0.3 is 4.42 Å². The molecule has 0 aliphatic heterocycles. The van der Waals surface area contributed by atoms with Crippen molar-refractivity contribution in [1.29, 1.82) is 0 Å². The first-order valence-electron chi connectivity index (χ1n) is 5.69. The van der Waals surface area contributed by atoms with Crippen molar-refractivity contribution >= 4 is 48.9 Å². The zero-order valence-electron chi connectivity index (χ0n) is 10.9. The Bertz CT molecular complexity index is 708. The van der Waals surface area contributed by atoms with Gasteiger partial charge in [0.05, 0.1) is 9.67 Å². The molecular weight excluding hydrogens is 386 g/mol. The van der Waals surface area contributed by atoms with Crippen LogP contribution < -0.4 is 0 Å². The second-order valence-electron chi connectivity index (χ2n) is 4.29. The smallest absolute Gasteiger partial charge is 0.246 e. The van der Waals surface area contributed by atoms with Crippen LogP contribution in [0, 0.1) is 6.92 Å². The number of aryl methyl sites for hydroxylation is 1. The summed E-state index contributed by atoms with van der Waals surface area (Å²) in [7, 11) is -2.03. The first kappa shape index (κ1) is 16.0. The Morgan fingerprint density at radius 3 is 2.65 bits per heavy atom. The molecule has 2 rings (SSSR count). The zero-order valence-corrected chi connectivity index (χ0v) is 14.9. The molecule has 8 heteroatoms. The fourth-order valence-electron chi connectivity index (χ4n) is 1.78. The van der Waals surface area contributed by atoms with Gasteiger partial charge in [-0.3, -0.25) is 0 Å². The fourth-order valence-corrected chi connectivity index (χ4v) is 4.46. The Morgan fingerprint density at radius 2 is 2.15 bits per heavy atom. The van der Waals surface area contributed by atoms with Gasteiger partial charge in [0.25, 0.3) is 0 Å². The average Bonchev–Trinajstić information content (AvgIpc) is 2.95. The van der Waals surface area contributed by atoms with E-state index in [2.05, 4.69) is 15.9 Å². The maximum Gasteiger partial charge on any atom is 0.246 e. The predicted molar refractivity (Wildman–Crippen MR) is 83.7 cm³/mol. The van der Waals surface area contributed by atoms with E-state index in [0.29, 0.717) is 18.1 Å². The van der Waals surface area contributed by atoms with Gasteiger partial charge in [0.2, 0.25) is 10.0 Å². The van der Waals surface area contributed by atoms with Gasteiger partial charge in [-0.1, -0.05) is 0 Å². The van der Waals surface area contributed by atoms with Crippen LogP contribution in [0.3, 0.4) is 0 Å². The third-order valence-corrected chi connectivity index (χ3v) is 6.50. The van der Waals surface area contributed by atoms with E-state index in [9.17, 15) is 8.42 Å². The van der Waals surface area contributed by atoms with Crippen molar-refractivity contribution < 1.29 is 12.8 Å². The molecule has 0 radical (unpaired) electrons. The minimum absolute atomic E-state index is 0.150. The monoisotopic (exact) mass is 397 g/mol. The maximum atomic E-state index is 12.5. The van der Waals surface area contributed by atoms with E-state index in [1.165, 1.54) is 21.7 Å². The number of halogens is 2. The number of sulfonamides is 1. The van der Waals surface area contributed by atoms with Crippen molar-refractivity contribution in [3.63, 3.8) is 0 Å². The van der Waals surface area contributed by atoms with Crippen LogP contribution in [0.15, 0.2) is 30.6 Å². The summed E-state index contributed by atoms with van der Waals surface area (Å²) in [6.07, 6.45) is 0. The highest BCUT2D eigenvalue weighted by atomic mass is 79.9. The third-order valence-electron chi connectivity index (χ3n) is 2.77. The molecule has 2 aromatic heterocycles. The summed E-state index contributed by atoms with van der Waals surface area (Å²) in [5.41, 5.74) is 0.937. The fraction of sp³-hybridized carbons (Fsp3) is 0.333. The van der Waals surface area contributed by atoms with Crippen molar-refractivity contribution in [3.8, 4) is 0 Å². The standard InChI is InChI=1S/C12H13BrClNO3S2/c1-8-11(4-10(5-14)18-8)20(16,17)15(2)6-9-3-12(13)19-7-9/h3-4,7H,5-6H2,1-2H3. The predicted octanol–water partition coefficient (Wildman–Crippen LogP) is 3.97. The van der Waals surface area contributed by atoms with E-state index in [0.717, 1.165) is 9.35 Å². The summed E-state index contributed by atoms with van der Waals surface area (Å²) in [6.45, 7) is 1.93. The number of nitrogens with zero attached hydrogens (tertiary/aromatic N) is 1. The second-order valence-corrected chi connectivity index (χ2v) is 8.86. The molecule has 0 atom stereocenters. The molecule has 2 aromatic rings. The summed E-state index contributed by atoms with van der Waals surface area (Å²) in [5.74, 6) is 0.964. The Labute approximate surface area is 135 Å². The van der Waals surface area contributed by atoms with Crippen molar-refractivity contribution in [2.24, 2.45) is 0 Å². The molecule has 0 unspecified atom stereocenters. The Morgan fingerprint density at radius 1 is 1.45 bits per heavy atom. The van der Waals surface area contributed by atoms with Crippen LogP contribution in [0.5, 0.6) is 0 Å². The average molecular weight is 399 g/mol. The summed E-state index contributed by atoms with van der Waals surface area (Å²) in [5, 5.41) is 1.92. The lowest BCUT2D eigenvalue weighted by Crippen LogP contribution is -2.26. The van der Waals surface area contributed by atoms with Crippen LogP contribution in [0.4, 0.5) is 0 Å². The number of hydrogen-bond donors (Lipinski definition) is 0. The first-order valence-corrected chi connectivity index (χ1v) is 9.34. The second kappa shape index (κ2) is 6.19. The molecule has 2 heterocycles. The van der Waals surface area contributed by atoms with Gasteiger partial charge in [-0.05, 0) is 39.9 Å². The van der Waals surface area contributed by atoms with Crippen LogP contribution >= 0.6 is 38.9 Å². The SMILES string of the molecule is Cc1oc(CCl)cc1S(=O)(=O)N(C)Cc1csc(Br)c1. The molecule has 0 amide bonds.